The van der Waals surface area contributed by atoms with Crippen molar-refractivity contribution in [2.45, 2.75) is 52.5 Å². The van der Waals surface area contributed by atoms with Crippen molar-refractivity contribution in [3.63, 3.8) is 0 Å². The standard InChI is InChI=1S/C10H22N.CH2O/c1-5-6-7-8-9-11(4)10(2)3;1-2/h10H,4-9H2,1-3H3;1H2/q+1;. The molecule has 0 N–H and O–H groups in total. The van der Waals surface area contributed by atoms with Crippen molar-refractivity contribution >= 4 is 13.5 Å². The van der Waals surface area contributed by atoms with Gasteiger partial charge in [0.25, 0.3) is 0 Å². The van der Waals surface area contributed by atoms with Crippen LogP contribution < -0.4 is 0 Å². The molecule has 0 unspecified atom stereocenters. The van der Waals surface area contributed by atoms with E-state index in [1.165, 1.54) is 25.7 Å². The van der Waals surface area contributed by atoms with Crippen molar-refractivity contribution in [2.75, 3.05) is 6.54 Å². The summed E-state index contributed by atoms with van der Waals surface area (Å²) in [5.74, 6) is 0. The second-order valence-corrected chi connectivity index (χ2v) is 3.47. The molecule has 0 aliphatic rings. The van der Waals surface area contributed by atoms with E-state index in [4.69, 9.17) is 4.79 Å². The highest BCUT2D eigenvalue weighted by molar-refractivity contribution is 5.14. The first-order chi connectivity index (χ1) is 6.18. The second kappa shape index (κ2) is 11.3. The fraction of sp³-hybridized carbons (Fsp3) is 0.818. The molecular formula is C11H24NO+. The first kappa shape index (κ1) is 14.8. The van der Waals surface area contributed by atoms with Crippen LogP contribution in [0.4, 0.5) is 0 Å². The van der Waals surface area contributed by atoms with Crippen LogP contribution in [0, 0.1) is 0 Å². The number of nitrogens with zero attached hydrogens (tertiary/aromatic N) is 1. The fourth-order valence-corrected chi connectivity index (χ4v) is 1.000. The minimum absolute atomic E-state index is 0.594. The predicted molar refractivity (Wildman–Crippen MR) is 58.6 cm³/mol. The molecule has 0 aromatic rings. The van der Waals surface area contributed by atoms with Crippen LogP contribution in [0.3, 0.4) is 0 Å². The lowest BCUT2D eigenvalue weighted by Gasteiger charge is -2.04. The Hall–Kier alpha value is -0.660. The molecule has 0 aromatic carbocycles. The van der Waals surface area contributed by atoms with E-state index >= 15 is 0 Å². The Kier molecular flexibility index (Phi) is 12.9. The molecule has 0 atom stereocenters. The van der Waals surface area contributed by atoms with E-state index in [0.717, 1.165) is 6.54 Å². The Labute approximate surface area is 82.7 Å². The van der Waals surface area contributed by atoms with Crippen molar-refractivity contribution in [1.29, 1.82) is 0 Å². The van der Waals surface area contributed by atoms with E-state index < -0.39 is 0 Å². The number of hydrogen-bond donors (Lipinski definition) is 0. The summed E-state index contributed by atoms with van der Waals surface area (Å²) in [7, 11) is 0. The number of carbonyl (C=O) groups is 1. The summed E-state index contributed by atoms with van der Waals surface area (Å²) in [5, 5.41) is 0. The fourth-order valence-electron chi connectivity index (χ4n) is 1.000. The van der Waals surface area contributed by atoms with Crippen molar-refractivity contribution in [3.05, 3.63) is 0 Å². The highest BCUT2D eigenvalue weighted by Gasteiger charge is 2.03. The lowest BCUT2D eigenvalue weighted by molar-refractivity contribution is -0.551. The van der Waals surface area contributed by atoms with E-state index in [2.05, 4.69) is 32.1 Å². The third-order valence-electron chi connectivity index (χ3n) is 2.03. The van der Waals surface area contributed by atoms with Gasteiger partial charge in [0.2, 0.25) is 0 Å². The van der Waals surface area contributed by atoms with Gasteiger partial charge in [0.1, 0.15) is 26.1 Å². The van der Waals surface area contributed by atoms with Gasteiger partial charge in [0.05, 0.1) is 0 Å². The van der Waals surface area contributed by atoms with Gasteiger partial charge in [-0.05, 0) is 20.3 Å². The molecule has 13 heavy (non-hydrogen) atoms. The van der Waals surface area contributed by atoms with E-state index in [1.807, 2.05) is 6.79 Å². The van der Waals surface area contributed by atoms with Gasteiger partial charge in [-0.1, -0.05) is 19.8 Å². The molecule has 0 amide bonds. The third-order valence-corrected chi connectivity index (χ3v) is 2.03. The van der Waals surface area contributed by atoms with Crippen molar-refractivity contribution in [3.8, 4) is 0 Å². The zero-order valence-electron chi connectivity index (χ0n) is 9.38. The molecule has 2 heteroatoms. The number of hydrogen-bond acceptors (Lipinski definition) is 1. The van der Waals surface area contributed by atoms with Crippen LogP contribution in [0.2, 0.25) is 0 Å². The quantitative estimate of drug-likeness (QED) is 0.354. The Balaban J connectivity index is 0. The minimum Gasteiger partial charge on any atom is -0.307 e. The molecule has 2 nitrogen and oxygen atoms in total. The number of rotatable bonds is 6. The Morgan fingerprint density at radius 2 is 1.69 bits per heavy atom. The molecule has 0 aliphatic heterocycles. The smallest absolute Gasteiger partial charge is 0.146 e. The van der Waals surface area contributed by atoms with E-state index in [9.17, 15) is 0 Å². The van der Waals surface area contributed by atoms with Crippen molar-refractivity contribution < 1.29 is 9.37 Å². The van der Waals surface area contributed by atoms with Crippen LogP contribution in [0.5, 0.6) is 0 Å². The van der Waals surface area contributed by atoms with E-state index in [1.54, 1.807) is 0 Å². The van der Waals surface area contributed by atoms with Crippen LogP contribution in [-0.2, 0) is 4.79 Å². The summed E-state index contributed by atoms with van der Waals surface area (Å²) in [6, 6.07) is 0.594. The SMILES string of the molecule is C=O.C=[N+](CCCCCC)C(C)C. The molecule has 0 saturated heterocycles. The summed E-state index contributed by atoms with van der Waals surface area (Å²) in [4.78, 5) is 8.00. The van der Waals surface area contributed by atoms with Gasteiger partial charge < -0.3 is 4.79 Å². The molecule has 0 aliphatic carbocycles. The maximum Gasteiger partial charge on any atom is 0.146 e. The monoisotopic (exact) mass is 186 g/mol. The third kappa shape index (κ3) is 11.3. The number of unbranched alkanes of at least 4 members (excludes halogenated alkanes) is 3. The van der Waals surface area contributed by atoms with Crippen LogP contribution in [-0.4, -0.2) is 30.7 Å². The predicted octanol–water partition coefficient (Wildman–Crippen LogP) is 2.50. The molecule has 0 spiro atoms. The molecule has 0 saturated carbocycles. The number of carbonyl (C=O) groups excluding carboxylic acids is 1. The summed E-state index contributed by atoms with van der Waals surface area (Å²) >= 11 is 0. The van der Waals surface area contributed by atoms with Crippen LogP contribution in [0.25, 0.3) is 0 Å². The molecule has 0 heterocycles. The molecule has 0 aromatic heterocycles. The van der Waals surface area contributed by atoms with Gasteiger partial charge >= 0.3 is 0 Å². The normalized spacial score (nSPS) is 9.23. The first-order valence-electron chi connectivity index (χ1n) is 5.04. The van der Waals surface area contributed by atoms with Crippen LogP contribution in [0.1, 0.15) is 46.5 Å². The molecule has 78 valence electrons. The molecule has 0 rings (SSSR count). The lowest BCUT2D eigenvalue weighted by Crippen LogP contribution is -2.19. The molecular weight excluding hydrogens is 162 g/mol. The first-order valence-corrected chi connectivity index (χ1v) is 5.04. The summed E-state index contributed by atoms with van der Waals surface area (Å²) in [5.41, 5.74) is 0. The Bertz CT molecular complexity index is 121. The van der Waals surface area contributed by atoms with E-state index in [-0.39, 0.29) is 0 Å². The van der Waals surface area contributed by atoms with Gasteiger partial charge in [-0.3, -0.25) is 0 Å². The topological polar surface area (TPSA) is 20.1 Å². The largest absolute Gasteiger partial charge is 0.307 e. The Morgan fingerprint density at radius 1 is 1.15 bits per heavy atom. The molecule has 0 radical (unpaired) electrons. The maximum absolute atomic E-state index is 8.00. The summed E-state index contributed by atoms with van der Waals surface area (Å²) < 4.78 is 2.16. The molecule has 0 bridgehead atoms. The van der Waals surface area contributed by atoms with Gasteiger partial charge in [-0.25, -0.2) is 4.58 Å². The lowest BCUT2D eigenvalue weighted by atomic mass is 10.2. The maximum atomic E-state index is 8.00. The van der Waals surface area contributed by atoms with Gasteiger partial charge in [0.15, 0.2) is 0 Å². The van der Waals surface area contributed by atoms with Crippen molar-refractivity contribution in [2.24, 2.45) is 0 Å². The van der Waals surface area contributed by atoms with Crippen molar-refractivity contribution in [1.82, 2.24) is 0 Å². The average Bonchev–Trinajstić information content (AvgIpc) is 2.15. The summed E-state index contributed by atoms with van der Waals surface area (Å²) in [6.45, 7) is 13.7. The minimum atomic E-state index is 0.594. The zero-order chi connectivity index (χ0) is 10.7. The second-order valence-electron chi connectivity index (χ2n) is 3.47. The van der Waals surface area contributed by atoms with Crippen LogP contribution in [0.15, 0.2) is 0 Å². The van der Waals surface area contributed by atoms with E-state index in [0.29, 0.717) is 6.04 Å². The van der Waals surface area contributed by atoms with Crippen LogP contribution >= 0.6 is 0 Å². The zero-order valence-corrected chi connectivity index (χ0v) is 9.38. The highest BCUT2D eigenvalue weighted by Crippen LogP contribution is 1.99. The van der Waals surface area contributed by atoms with Gasteiger partial charge in [-0.15, -0.1) is 0 Å². The highest BCUT2D eigenvalue weighted by atomic mass is 16.1. The Morgan fingerprint density at radius 3 is 2.08 bits per heavy atom. The van der Waals surface area contributed by atoms with Gasteiger partial charge in [0, 0.05) is 6.42 Å². The summed E-state index contributed by atoms with van der Waals surface area (Å²) in [6.07, 6.45) is 5.34. The average molecular weight is 186 g/mol. The molecule has 0 fully saturated rings. The van der Waals surface area contributed by atoms with Gasteiger partial charge in [-0.2, -0.15) is 0 Å².